The number of nitrogens with one attached hydrogen (secondary N) is 2. The Hall–Kier alpha value is -1.06. The molecular formula is C19H30N2O. The third-order valence-electron chi connectivity index (χ3n) is 5.63. The zero-order chi connectivity index (χ0) is 15.6. The number of fused-ring (bicyclic) bond motifs is 1. The van der Waals surface area contributed by atoms with Crippen molar-refractivity contribution in [2.45, 2.75) is 51.0 Å². The number of hydrogen-bond acceptors (Lipinski definition) is 3. The van der Waals surface area contributed by atoms with Crippen LogP contribution in [0.3, 0.4) is 0 Å². The molecule has 2 aliphatic rings. The van der Waals surface area contributed by atoms with Crippen molar-refractivity contribution in [3.63, 3.8) is 0 Å². The highest BCUT2D eigenvalue weighted by Crippen LogP contribution is 2.48. The summed E-state index contributed by atoms with van der Waals surface area (Å²) in [7, 11) is 0. The van der Waals surface area contributed by atoms with Crippen LogP contribution in [-0.2, 0) is 5.41 Å². The second-order valence-corrected chi connectivity index (χ2v) is 7.64. The molecule has 0 bridgehead atoms. The summed E-state index contributed by atoms with van der Waals surface area (Å²) < 4.78 is 0. The number of rotatable bonds is 4. The fourth-order valence-electron chi connectivity index (χ4n) is 4.47. The number of piperidine rings is 1. The van der Waals surface area contributed by atoms with E-state index in [9.17, 15) is 5.11 Å². The Morgan fingerprint density at radius 1 is 1.36 bits per heavy atom. The molecule has 122 valence electrons. The average molecular weight is 302 g/mol. The Morgan fingerprint density at radius 2 is 2.23 bits per heavy atom. The summed E-state index contributed by atoms with van der Waals surface area (Å²) in [6.07, 6.45) is 4.94. The smallest absolute Gasteiger partial charge is 0.115 e. The number of hydrogen-bond donors (Lipinski definition) is 3. The number of phenolic OH excluding ortho intramolecular Hbond substituents is 1. The highest BCUT2D eigenvalue weighted by molar-refractivity contribution is 5.35. The predicted molar refractivity (Wildman–Crippen MR) is 91.2 cm³/mol. The van der Waals surface area contributed by atoms with Crippen molar-refractivity contribution in [2.24, 2.45) is 11.8 Å². The molecule has 3 nitrogen and oxygen atoms in total. The molecule has 1 aromatic carbocycles. The van der Waals surface area contributed by atoms with E-state index >= 15 is 0 Å². The summed E-state index contributed by atoms with van der Waals surface area (Å²) in [5.74, 6) is 1.80. The van der Waals surface area contributed by atoms with Crippen molar-refractivity contribution in [3.05, 3.63) is 29.8 Å². The van der Waals surface area contributed by atoms with Gasteiger partial charge in [-0.15, -0.1) is 0 Å². The Morgan fingerprint density at radius 3 is 3.00 bits per heavy atom. The van der Waals surface area contributed by atoms with Crippen LogP contribution in [0.4, 0.5) is 0 Å². The van der Waals surface area contributed by atoms with Gasteiger partial charge in [-0.1, -0.05) is 26.0 Å². The second kappa shape index (κ2) is 6.59. The number of phenols is 1. The third-order valence-corrected chi connectivity index (χ3v) is 5.63. The van der Waals surface area contributed by atoms with Gasteiger partial charge in [0.25, 0.3) is 0 Å². The zero-order valence-corrected chi connectivity index (χ0v) is 13.9. The molecule has 3 atom stereocenters. The first-order valence-electron chi connectivity index (χ1n) is 8.84. The summed E-state index contributed by atoms with van der Waals surface area (Å²) in [6, 6.07) is 8.63. The van der Waals surface area contributed by atoms with Gasteiger partial charge in [0.15, 0.2) is 0 Å². The molecule has 22 heavy (non-hydrogen) atoms. The molecule has 0 radical (unpaired) electrons. The number of benzene rings is 1. The lowest BCUT2D eigenvalue weighted by atomic mass is 9.58. The first-order valence-corrected chi connectivity index (χ1v) is 8.84. The van der Waals surface area contributed by atoms with E-state index in [1.807, 2.05) is 12.1 Å². The largest absolute Gasteiger partial charge is 0.508 e. The monoisotopic (exact) mass is 302 g/mol. The van der Waals surface area contributed by atoms with Gasteiger partial charge in [-0.2, -0.15) is 0 Å². The zero-order valence-electron chi connectivity index (χ0n) is 13.9. The molecule has 1 aromatic rings. The third kappa shape index (κ3) is 3.16. The minimum atomic E-state index is 0.233. The second-order valence-electron chi connectivity index (χ2n) is 7.64. The molecule has 3 heteroatoms. The first kappa shape index (κ1) is 15.8. The van der Waals surface area contributed by atoms with Gasteiger partial charge in [0.2, 0.25) is 0 Å². The molecule has 1 aliphatic carbocycles. The van der Waals surface area contributed by atoms with Crippen LogP contribution in [0.5, 0.6) is 5.75 Å². The summed E-state index contributed by atoms with van der Waals surface area (Å²) in [6.45, 7) is 7.85. The van der Waals surface area contributed by atoms with Gasteiger partial charge in [-0.3, -0.25) is 0 Å². The van der Waals surface area contributed by atoms with Gasteiger partial charge >= 0.3 is 0 Å². The Kier molecular flexibility index (Phi) is 4.74. The van der Waals surface area contributed by atoms with Crippen molar-refractivity contribution in [1.82, 2.24) is 10.6 Å². The molecule has 0 amide bonds. The van der Waals surface area contributed by atoms with E-state index in [0.717, 1.165) is 19.6 Å². The van der Waals surface area contributed by atoms with E-state index in [-0.39, 0.29) is 5.41 Å². The van der Waals surface area contributed by atoms with Gasteiger partial charge in [0, 0.05) is 11.5 Å². The van der Waals surface area contributed by atoms with Gasteiger partial charge in [0.05, 0.1) is 0 Å². The van der Waals surface area contributed by atoms with Crippen LogP contribution >= 0.6 is 0 Å². The summed E-state index contributed by atoms with van der Waals surface area (Å²) in [5, 5.41) is 17.3. The highest BCUT2D eigenvalue weighted by Gasteiger charge is 2.46. The van der Waals surface area contributed by atoms with Gasteiger partial charge in [-0.25, -0.2) is 0 Å². The van der Waals surface area contributed by atoms with Crippen LogP contribution in [0, 0.1) is 11.8 Å². The van der Waals surface area contributed by atoms with E-state index < -0.39 is 0 Å². The molecular weight excluding hydrogens is 272 g/mol. The molecule has 3 rings (SSSR count). The molecule has 3 unspecified atom stereocenters. The van der Waals surface area contributed by atoms with E-state index in [0.29, 0.717) is 23.6 Å². The van der Waals surface area contributed by atoms with Crippen LogP contribution in [0.1, 0.15) is 45.1 Å². The van der Waals surface area contributed by atoms with E-state index in [1.165, 1.54) is 31.2 Å². The minimum absolute atomic E-state index is 0.233. The van der Waals surface area contributed by atoms with Crippen molar-refractivity contribution in [3.8, 4) is 5.75 Å². The van der Waals surface area contributed by atoms with Crippen LogP contribution in [0.2, 0.25) is 0 Å². The SMILES string of the molecule is CC(C)CNC1CCC2CNCCC2(c2cccc(O)c2)C1. The van der Waals surface area contributed by atoms with Crippen LogP contribution in [0.15, 0.2) is 24.3 Å². The van der Waals surface area contributed by atoms with E-state index in [4.69, 9.17) is 0 Å². The molecule has 0 spiro atoms. The highest BCUT2D eigenvalue weighted by atomic mass is 16.3. The van der Waals surface area contributed by atoms with Crippen LogP contribution in [0.25, 0.3) is 0 Å². The maximum atomic E-state index is 9.94. The summed E-state index contributed by atoms with van der Waals surface area (Å²) >= 11 is 0. The molecule has 1 saturated carbocycles. The van der Waals surface area contributed by atoms with E-state index in [2.05, 4.69) is 30.5 Å². The van der Waals surface area contributed by atoms with Gasteiger partial charge in [0.1, 0.15) is 5.75 Å². The van der Waals surface area contributed by atoms with Crippen molar-refractivity contribution in [1.29, 1.82) is 0 Å². The first-order chi connectivity index (χ1) is 10.6. The topological polar surface area (TPSA) is 44.3 Å². The Labute approximate surface area is 134 Å². The summed E-state index contributed by atoms with van der Waals surface area (Å²) in [4.78, 5) is 0. The lowest BCUT2D eigenvalue weighted by Gasteiger charge is -2.51. The maximum absolute atomic E-state index is 9.94. The fraction of sp³-hybridized carbons (Fsp3) is 0.684. The normalized spacial score (nSPS) is 32.0. The Bertz CT molecular complexity index is 502. The molecule has 1 heterocycles. The molecule has 1 saturated heterocycles. The molecule has 1 aliphatic heterocycles. The maximum Gasteiger partial charge on any atom is 0.115 e. The Balaban J connectivity index is 1.84. The molecule has 2 fully saturated rings. The quantitative estimate of drug-likeness (QED) is 0.801. The average Bonchev–Trinajstić information content (AvgIpc) is 2.52. The fourth-order valence-corrected chi connectivity index (χ4v) is 4.47. The van der Waals surface area contributed by atoms with Crippen molar-refractivity contribution >= 4 is 0 Å². The molecule has 0 aromatic heterocycles. The standard InChI is InChI=1S/C19H30N2O/c1-14(2)12-21-17-7-6-16-13-20-9-8-19(16,11-17)15-4-3-5-18(22)10-15/h3-5,10,14,16-17,20-22H,6-9,11-13H2,1-2H3. The summed E-state index contributed by atoms with van der Waals surface area (Å²) in [5.41, 5.74) is 1.58. The van der Waals surface area contributed by atoms with E-state index in [1.54, 1.807) is 6.07 Å². The lowest BCUT2D eigenvalue weighted by Crippen LogP contribution is -2.54. The molecule has 3 N–H and O–H groups in total. The predicted octanol–water partition coefficient (Wildman–Crippen LogP) is 3.04. The van der Waals surface area contributed by atoms with Crippen molar-refractivity contribution < 1.29 is 5.11 Å². The van der Waals surface area contributed by atoms with Gasteiger partial charge < -0.3 is 15.7 Å². The van der Waals surface area contributed by atoms with Crippen molar-refractivity contribution in [2.75, 3.05) is 19.6 Å². The lowest BCUT2D eigenvalue weighted by molar-refractivity contribution is 0.112. The van der Waals surface area contributed by atoms with Crippen LogP contribution in [-0.4, -0.2) is 30.8 Å². The minimum Gasteiger partial charge on any atom is -0.508 e. The number of aromatic hydroxyl groups is 1. The van der Waals surface area contributed by atoms with Crippen LogP contribution < -0.4 is 10.6 Å². The van der Waals surface area contributed by atoms with Gasteiger partial charge in [-0.05, 0) is 74.8 Å².